The minimum absolute atomic E-state index is 0.0445. The molecule has 0 N–H and O–H groups in total. The van der Waals surface area contributed by atoms with Crippen molar-refractivity contribution >= 4 is 22.5 Å². The average molecular weight is 404 g/mol. The molecule has 0 unspecified atom stereocenters. The van der Waals surface area contributed by atoms with Crippen molar-refractivity contribution in [3.05, 3.63) is 59.5 Å². The van der Waals surface area contributed by atoms with Crippen LogP contribution in [0.2, 0.25) is 0 Å². The smallest absolute Gasteiger partial charge is 0.242 e. The number of hydrazone groups is 1. The van der Waals surface area contributed by atoms with E-state index in [-0.39, 0.29) is 5.91 Å². The molecule has 2 aromatic heterocycles. The van der Waals surface area contributed by atoms with Gasteiger partial charge >= 0.3 is 0 Å². The van der Waals surface area contributed by atoms with Crippen molar-refractivity contribution in [1.82, 2.24) is 15.0 Å². The number of nitrogens with zero attached hydrogens (tertiary/aromatic N) is 4. The van der Waals surface area contributed by atoms with Crippen LogP contribution in [0.5, 0.6) is 11.5 Å². The topological polar surface area (TPSA) is 76.9 Å². The number of carbonyl (C=O) groups is 1. The second kappa shape index (κ2) is 8.49. The van der Waals surface area contributed by atoms with E-state index in [4.69, 9.17) is 14.6 Å². The third-order valence-electron chi connectivity index (χ3n) is 5.16. The highest BCUT2D eigenvalue weighted by Gasteiger charge is 2.22. The van der Waals surface area contributed by atoms with E-state index in [2.05, 4.69) is 9.97 Å². The Balaban J connectivity index is 1.82. The molecule has 7 nitrogen and oxygen atoms in total. The largest absolute Gasteiger partial charge is 0.497 e. The van der Waals surface area contributed by atoms with Gasteiger partial charge in [0.2, 0.25) is 5.91 Å². The monoisotopic (exact) mass is 404 g/mol. The predicted molar refractivity (Wildman–Crippen MR) is 115 cm³/mol. The second-order valence-electron chi connectivity index (χ2n) is 7.20. The molecule has 0 bridgehead atoms. The first-order valence-electron chi connectivity index (χ1n) is 9.90. The highest BCUT2D eigenvalue weighted by molar-refractivity contribution is 6.03. The maximum absolute atomic E-state index is 12.2. The van der Waals surface area contributed by atoms with Gasteiger partial charge in [-0.1, -0.05) is 6.07 Å². The maximum atomic E-state index is 12.2. The van der Waals surface area contributed by atoms with Crippen molar-refractivity contribution in [3.63, 3.8) is 0 Å². The van der Waals surface area contributed by atoms with Crippen LogP contribution < -0.4 is 9.47 Å². The fraction of sp³-hybridized carbons (Fsp3) is 0.304. The molecule has 1 fully saturated rings. The number of ether oxygens (including phenoxy) is 2. The Morgan fingerprint density at radius 2 is 2.07 bits per heavy atom. The molecule has 154 valence electrons. The Morgan fingerprint density at radius 1 is 1.20 bits per heavy atom. The lowest BCUT2D eigenvalue weighted by Crippen LogP contribution is -2.22. The highest BCUT2D eigenvalue weighted by Crippen LogP contribution is 2.32. The molecule has 0 aliphatic carbocycles. The molecule has 0 saturated carbocycles. The van der Waals surface area contributed by atoms with Crippen molar-refractivity contribution in [2.24, 2.45) is 5.10 Å². The van der Waals surface area contributed by atoms with Crippen LogP contribution in [0.1, 0.15) is 29.8 Å². The maximum Gasteiger partial charge on any atom is 0.242 e. The van der Waals surface area contributed by atoms with Gasteiger partial charge in [0.15, 0.2) is 0 Å². The second-order valence-corrected chi connectivity index (χ2v) is 7.20. The fourth-order valence-corrected chi connectivity index (χ4v) is 3.63. The molecule has 30 heavy (non-hydrogen) atoms. The highest BCUT2D eigenvalue weighted by atomic mass is 16.5. The van der Waals surface area contributed by atoms with Crippen LogP contribution in [0.3, 0.4) is 0 Å². The summed E-state index contributed by atoms with van der Waals surface area (Å²) in [5.41, 5.74) is 4.16. The number of rotatable bonds is 6. The molecule has 1 saturated heterocycles. The number of aryl methyl sites for hydroxylation is 1. The number of hydrogen-bond donors (Lipinski definition) is 0. The molecular weight excluding hydrogens is 380 g/mol. The molecule has 1 amide bonds. The molecule has 3 heterocycles. The minimum atomic E-state index is 0.0445. The summed E-state index contributed by atoms with van der Waals surface area (Å²) < 4.78 is 11.0. The number of fused-ring (bicyclic) bond motifs is 1. The summed E-state index contributed by atoms with van der Waals surface area (Å²) in [7, 11) is 3.24. The molecule has 0 spiro atoms. The van der Waals surface area contributed by atoms with E-state index in [1.54, 1.807) is 25.4 Å². The van der Waals surface area contributed by atoms with E-state index in [0.717, 1.165) is 40.0 Å². The first kappa shape index (κ1) is 19.8. The molecule has 7 heteroatoms. The summed E-state index contributed by atoms with van der Waals surface area (Å²) in [4.78, 5) is 21.3. The number of hydrogen-bond acceptors (Lipinski definition) is 6. The molecule has 4 rings (SSSR count). The first-order chi connectivity index (χ1) is 14.6. The minimum Gasteiger partial charge on any atom is -0.497 e. The predicted octanol–water partition coefficient (Wildman–Crippen LogP) is 3.52. The van der Waals surface area contributed by atoms with Crippen LogP contribution in [-0.4, -0.2) is 47.4 Å². The van der Waals surface area contributed by atoms with Crippen molar-refractivity contribution in [3.8, 4) is 11.5 Å². The third-order valence-corrected chi connectivity index (χ3v) is 5.16. The molecule has 1 aromatic carbocycles. The van der Waals surface area contributed by atoms with Crippen LogP contribution in [0, 0.1) is 6.92 Å². The number of benzene rings is 1. The van der Waals surface area contributed by atoms with Crippen LogP contribution in [-0.2, 0) is 11.2 Å². The molecular formula is C23H24N4O3. The van der Waals surface area contributed by atoms with E-state index < -0.39 is 0 Å². The van der Waals surface area contributed by atoms with Gasteiger partial charge in [0.1, 0.15) is 17.0 Å². The normalized spacial score (nSPS) is 14.4. The Hall–Kier alpha value is -3.48. The van der Waals surface area contributed by atoms with Gasteiger partial charge in [0.05, 0.1) is 25.6 Å². The zero-order valence-electron chi connectivity index (χ0n) is 17.4. The summed E-state index contributed by atoms with van der Waals surface area (Å²) in [6.45, 7) is 2.58. The Morgan fingerprint density at radius 3 is 2.77 bits per heavy atom. The van der Waals surface area contributed by atoms with Gasteiger partial charge in [-0.15, -0.1) is 0 Å². The van der Waals surface area contributed by atoms with Gasteiger partial charge in [-0.3, -0.25) is 14.8 Å². The number of pyridine rings is 2. The third kappa shape index (κ3) is 3.96. The molecule has 1 aliphatic heterocycles. The van der Waals surface area contributed by atoms with Crippen LogP contribution >= 0.6 is 0 Å². The molecule has 3 aromatic rings. The zero-order chi connectivity index (χ0) is 21.1. The lowest BCUT2D eigenvalue weighted by molar-refractivity contribution is -0.127. The Labute approximate surface area is 175 Å². The zero-order valence-corrected chi connectivity index (χ0v) is 17.4. The van der Waals surface area contributed by atoms with Crippen molar-refractivity contribution in [2.45, 2.75) is 26.2 Å². The SMILES string of the molecule is COc1cc(OC)c2nccc(CC(=NN3CCCC3=O)c3cccc(C)n3)c2c1. The summed E-state index contributed by atoms with van der Waals surface area (Å²) in [6.07, 6.45) is 3.61. The Kier molecular flexibility index (Phi) is 5.61. The van der Waals surface area contributed by atoms with Gasteiger partial charge in [-0.05, 0) is 43.2 Å². The standard InChI is InChI=1S/C23H24N4O3/c1-15-6-4-7-19(25-15)20(26-27-11-5-8-22(27)28)12-16-9-10-24-23-18(16)13-17(29-2)14-21(23)30-3/h4,6-7,9-10,13-14H,5,8,11-12H2,1-3H3. The number of amides is 1. The summed E-state index contributed by atoms with van der Waals surface area (Å²) in [5, 5.41) is 7.19. The lowest BCUT2D eigenvalue weighted by atomic mass is 10.0. The van der Waals surface area contributed by atoms with Gasteiger partial charge < -0.3 is 9.47 Å². The number of carbonyl (C=O) groups excluding carboxylic acids is 1. The van der Waals surface area contributed by atoms with E-state index in [0.29, 0.717) is 30.9 Å². The summed E-state index contributed by atoms with van der Waals surface area (Å²) in [6, 6.07) is 11.5. The first-order valence-corrected chi connectivity index (χ1v) is 9.90. The van der Waals surface area contributed by atoms with Gasteiger partial charge in [0.25, 0.3) is 0 Å². The van der Waals surface area contributed by atoms with Crippen LogP contribution in [0.4, 0.5) is 0 Å². The van der Waals surface area contributed by atoms with E-state index in [1.165, 1.54) is 0 Å². The summed E-state index contributed by atoms with van der Waals surface area (Å²) in [5.74, 6) is 1.38. The van der Waals surface area contributed by atoms with Gasteiger partial charge in [-0.2, -0.15) is 5.10 Å². The quantitative estimate of drug-likeness (QED) is 0.588. The molecule has 1 aliphatic rings. The van der Waals surface area contributed by atoms with Crippen molar-refractivity contribution < 1.29 is 14.3 Å². The molecule has 0 atom stereocenters. The fourth-order valence-electron chi connectivity index (χ4n) is 3.63. The Bertz CT molecular complexity index is 1130. The average Bonchev–Trinajstić information content (AvgIpc) is 3.17. The van der Waals surface area contributed by atoms with Crippen LogP contribution in [0.15, 0.2) is 47.7 Å². The van der Waals surface area contributed by atoms with Crippen LogP contribution in [0.25, 0.3) is 10.9 Å². The van der Waals surface area contributed by atoms with Gasteiger partial charge in [-0.25, -0.2) is 5.01 Å². The van der Waals surface area contributed by atoms with Gasteiger partial charge in [0, 0.05) is 42.7 Å². The number of aromatic nitrogens is 2. The van der Waals surface area contributed by atoms with E-state index in [9.17, 15) is 4.79 Å². The number of methoxy groups -OCH3 is 2. The van der Waals surface area contributed by atoms with E-state index >= 15 is 0 Å². The lowest BCUT2D eigenvalue weighted by Gasteiger charge is -2.15. The summed E-state index contributed by atoms with van der Waals surface area (Å²) >= 11 is 0. The van der Waals surface area contributed by atoms with E-state index in [1.807, 2.05) is 43.3 Å². The van der Waals surface area contributed by atoms with Crippen molar-refractivity contribution in [2.75, 3.05) is 20.8 Å². The molecule has 0 radical (unpaired) electrons. The van der Waals surface area contributed by atoms with Crippen molar-refractivity contribution in [1.29, 1.82) is 0 Å².